The number of hydrogen-bond donors (Lipinski definition) is 2. The molecule has 0 aliphatic heterocycles. The number of nitrogens with one attached hydrogen (secondary N) is 2. The molecule has 1 saturated carbocycles. The van der Waals surface area contributed by atoms with Gasteiger partial charge in [-0.25, -0.2) is 9.37 Å². The molecule has 0 spiro atoms. The van der Waals surface area contributed by atoms with Crippen LogP contribution in [0.25, 0.3) is 0 Å². The summed E-state index contributed by atoms with van der Waals surface area (Å²) in [4.78, 5) is 4.35. The normalized spacial score (nSPS) is 20.9. The average molecular weight is 285 g/mol. The standard InChI is InChI=1S/C17H20FN3/c1-19-16-8-14(9-16)13-6-7-20-17(10-13)21-11-12-2-4-15(18)5-3-12/h2-7,10,14,16,19H,8-9,11H2,1H3,(H,20,21). The van der Waals surface area contributed by atoms with E-state index in [0.29, 0.717) is 18.5 Å². The molecule has 1 aromatic carbocycles. The first kappa shape index (κ1) is 14.0. The average Bonchev–Trinajstić information content (AvgIpc) is 2.46. The highest BCUT2D eigenvalue weighted by Gasteiger charge is 2.28. The molecule has 4 heteroatoms. The van der Waals surface area contributed by atoms with Crippen LogP contribution in [0.4, 0.5) is 10.2 Å². The summed E-state index contributed by atoms with van der Waals surface area (Å²) in [5.74, 6) is 1.31. The van der Waals surface area contributed by atoms with E-state index in [-0.39, 0.29) is 5.82 Å². The van der Waals surface area contributed by atoms with Crippen molar-refractivity contribution in [3.8, 4) is 0 Å². The van der Waals surface area contributed by atoms with Gasteiger partial charge in [0.1, 0.15) is 11.6 Å². The molecule has 2 N–H and O–H groups in total. The maximum atomic E-state index is 12.9. The molecule has 1 aliphatic rings. The van der Waals surface area contributed by atoms with Gasteiger partial charge in [-0.15, -0.1) is 0 Å². The van der Waals surface area contributed by atoms with Crippen molar-refractivity contribution in [1.82, 2.24) is 10.3 Å². The van der Waals surface area contributed by atoms with Gasteiger partial charge in [0.15, 0.2) is 0 Å². The number of rotatable bonds is 5. The summed E-state index contributed by atoms with van der Waals surface area (Å²) in [5, 5.41) is 6.60. The highest BCUT2D eigenvalue weighted by molar-refractivity contribution is 5.40. The number of hydrogen-bond acceptors (Lipinski definition) is 3. The summed E-state index contributed by atoms with van der Waals surface area (Å²) in [6.45, 7) is 0.653. The zero-order chi connectivity index (χ0) is 14.7. The zero-order valence-corrected chi connectivity index (χ0v) is 12.1. The Labute approximate surface area is 124 Å². The smallest absolute Gasteiger partial charge is 0.126 e. The van der Waals surface area contributed by atoms with E-state index in [1.165, 1.54) is 30.5 Å². The lowest BCUT2D eigenvalue weighted by Gasteiger charge is -2.35. The van der Waals surface area contributed by atoms with Crippen LogP contribution in [0.2, 0.25) is 0 Å². The van der Waals surface area contributed by atoms with Crippen LogP contribution in [-0.4, -0.2) is 18.1 Å². The Morgan fingerprint density at radius 2 is 1.95 bits per heavy atom. The second-order valence-corrected chi connectivity index (χ2v) is 5.61. The molecular formula is C17H20FN3. The minimum absolute atomic E-state index is 0.206. The topological polar surface area (TPSA) is 37.0 Å². The number of nitrogens with zero attached hydrogens (tertiary/aromatic N) is 1. The maximum absolute atomic E-state index is 12.9. The summed E-state index contributed by atoms with van der Waals surface area (Å²) in [6.07, 6.45) is 4.24. The van der Waals surface area contributed by atoms with Crippen LogP contribution in [0.1, 0.15) is 29.9 Å². The Morgan fingerprint density at radius 3 is 2.67 bits per heavy atom. The molecule has 1 fully saturated rings. The van der Waals surface area contributed by atoms with Crippen LogP contribution in [0.15, 0.2) is 42.6 Å². The minimum Gasteiger partial charge on any atom is -0.366 e. The number of halogens is 1. The number of pyridine rings is 1. The largest absolute Gasteiger partial charge is 0.366 e. The first-order chi connectivity index (χ1) is 10.2. The van der Waals surface area contributed by atoms with Crippen molar-refractivity contribution in [1.29, 1.82) is 0 Å². The Balaban J connectivity index is 1.60. The van der Waals surface area contributed by atoms with Gasteiger partial charge in [-0.1, -0.05) is 12.1 Å². The van der Waals surface area contributed by atoms with Crippen LogP contribution in [0.5, 0.6) is 0 Å². The molecule has 21 heavy (non-hydrogen) atoms. The van der Waals surface area contributed by atoms with E-state index < -0.39 is 0 Å². The van der Waals surface area contributed by atoms with Crippen LogP contribution in [-0.2, 0) is 6.54 Å². The molecule has 3 nitrogen and oxygen atoms in total. The fourth-order valence-corrected chi connectivity index (χ4v) is 2.72. The van der Waals surface area contributed by atoms with Gasteiger partial charge in [-0.05, 0) is 61.2 Å². The van der Waals surface area contributed by atoms with Gasteiger partial charge >= 0.3 is 0 Å². The molecule has 0 amide bonds. The van der Waals surface area contributed by atoms with Crippen LogP contribution in [0.3, 0.4) is 0 Å². The van der Waals surface area contributed by atoms with Crippen LogP contribution < -0.4 is 10.6 Å². The Bertz CT molecular complexity index is 591. The second-order valence-electron chi connectivity index (χ2n) is 5.61. The molecular weight excluding hydrogens is 265 g/mol. The van der Waals surface area contributed by atoms with Gasteiger partial charge in [-0.2, -0.15) is 0 Å². The van der Waals surface area contributed by atoms with E-state index in [2.05, 4.69) is 27.8 Å². The monoisotopic (exact) mass is 285 g/mol. The Morgan fingerprint density at radius 1 is 1.19 bits per heavy atom. The molecule has 1 heterocycles. The quantitative estimate of drug-likeness (QED) is 0.885. The molecule has 0 unspecified atom stereocenters. The highest BCUT2D eigenvalue weighted by Crippen LogP contribution is 2.37. The molecule has 1 aliphatic carbocycles. The fraction of sp³-hybridized carbons (Fsp3) is 0.353. The fourth-order valence-electron chi connectivity index (χ4n) is 2.72. The van der Waals surface area contributed by atoms with Gasteiger partial charge in [0.05, 0.1) is 0 Å². The van der Waals surface area contributed by atoms with E-state index in [0.717, 1.165) is 11.4 Å². The third kappa shape index (κ3) is 3.39. The first-order valence-corrected chi connectivity index (χ1v) is 7.36. The predicted octanol–water partition coefficient (Wildman–Crippen LogP) is 3.30. The Hall–Kier alpha value is -1.94. The van der Waals surface area contributed by atoms with Gasteiger partial charge < -0.3 is 10.6 Å². The van der Waals surface area contributed by atoms with E-state index >= 15 is 0 Å². The summed E-state index contributed by atoms with van der Waals surface area (Å²) < 4.78 is 12.9. The Kier molecular flexibility index (Phi) is 4.15. The maximum Gasteiger partial charge on any atom is 0.126 e. The molecule has 3 rings (SSSR count). The van der Waals surface area contributed by atoms with E-state index in [1.807, 2.05) is 13.2 Å². The molecule has 110 valence electrons. The number of anilines is 1. The van der Waals surface area contributed by atoms with Crippen LogP contribution >= 0.6 is 0 Å². The molecule has 0 bridgehead atoms. The summed E-state index contributed by atoms with van der Waals surface area (Å²) >= 11 is 0. The van der Waals surface area contributed by atoms with Crippen molar-refractivity contribution < 1.29 is 4.39 Å². The summed E-state index contributed by atoms with van der Waals surface area (Å²) in [7, 11) is 2.02. The van der Waals surface area contributed by atoms with Crippen molar-refractivity contribution in [2.24, 2.45) is 0 Å². The third-order valence-corrected chi connectivity index (χ3v) is 4.19. The first-order valence-electron chi connectivity index (χ1n) is 7.36. The minimum atomic E-state index is -0.206. The molecule has 0 atom stereocenters. The van der Waals surface area contributed by atoms with E-state index in [9.17, 15) is 4.39 Å². The SMILES string of the molecule is CNC1CC(c2ccnc(NCc3ccc(F)cc3)c2)C1. The van der Waals surface area contributed by atoms with Crippen molar-refractivity contribution >= 4 is 5.82 Å². The van der Waals surface area contributed by atoms with Gasteiger partial charge in [0.25, 0.3) is 0 Å². The predicted molar refractivity (Wildman–Crippen MR) is 82.8 cm³/mol. The van der Waals surface area contributed by atoms with E-state index in [1.54, 1.807) is 12.1 Å². The summed E-state index contributed by atoms with van der Waals surface area (Å²) in [6, 6.07) is 11.4. The number of aromatic nitrogens is 1. The van der Waals surface area contributed by atoms with Crippen molar-refractivity contribution in [2.75, 3.05) is 12.4 Å². The summed E-state index contributed by atoms with van der Waals surface area (Å²) in [5.41, 5.74) is 2.39. The third-order valence-electron chi connectivity index (χ3n) is 4.19. The lowest BCUT2D eigenvalue weighted by molar-refractivity contribution is 0.307. The van der Waals surface area contributed by atoms with Crippen molar-refractivity contribution in [3.05, 3.63) is 59.5 Å². The molecule has 1 aromatic heterocycles. The zero-order valence-electron chi connectivity index (χ0n) is 12.1. The van der Waals surface area contributed by atoms with E-state index in [4.69, 9.17) is 0 Å². The highest BCUT2D eigenvalue weighted by atomic mass is 19.1. The molecule has 0 radical (unpaired) electrons. The number of benzene rings is 1. The van der Waals surface area contributed by atoms with Gasteiger partial charge in [0.2, 0.25) is 0 Å². The van der Waals surface area contributed by atoms with Crippen molar-refractivity contribution in [2.45, 2.75) is 31.3 Å². The second kappa shape index (κ2) is 6.22. The molecule has 2 aromatic rings. The lowest BCUT2D eigenvalue weighted by atomic mass is 9.76. The van der Waals surface area contributed by atoms with Gasteiger partial charge in [0, 0.05) is 18.8 Å². The van der Waals surface area contributed by atoms with Crippen molar-refractivity contribution in [3.63, 3.8) is 0 Å². The lowest BCUT2D eigenvalue weighted by Crippen LogP contribution is -2.37. The van der Waals surface area contributed by atoms with Crippen LogP contribution in [0, 0.1) is 5.82 Å². The van der Waals surface area contributed by atoms with Gasteiger partial charge in [-0.3, -0.25) is 0 Å². The molecule has 0 saturated heterocycles.